The number of ether oxygens (including phenoxy) is 1. The van der Waals surface area contributed by atoms with Gasteiger partial charge in [0.05, 0.1) is 24.7 Å². The van der Waals surface area contributed by atoms with Crippen LogP contribution in [-0.2, 0) is 9.53 Å². The van der Waals surface area contributed by atoms with Crippen molar-refractivity contribution in [3.8, 4) is 0 Å². The molecule has 3 unspecified atom stereocenters. The van der Waals surface area contributed by atoms with Crippen LogP contribution in [0.1, 0.15) is 31.9 Å². The summed E-state index contributed by atoms with van der Waals surface area (Å²) >= 11 is 0. The minimum atomic E-state index is -0.597. The molecule has 0 saturated carbocycles. The van der Waals surface area contributed by atoms with E-state index in [0.29, 0.717) is 12.3 Å². The van der Waals surface area contributed by atoms with Crippen molar-refractivity contribution in [1.29, 1.82) is 0 Å². The molecule has 1 heterocycles. The molecular formula is C14H19NO3. The van der Waals surface area contributed by atoms with Crippen LogP contribution in [0, 0.1) is 5.92 Å². The van der Waals surface area contributed by atoms with E-state index in [1.54, 1.807) is 13.0 Å². The summed E-state index contributed by atoms with van der Waals surface area (Å²) in [5.74, 6) is -0.130. The SMILES string of the molecule is CC1CC(C(=O)Nc2ccccc2C(C)O)CO1. The van der Waals surface area contributed by atoms with Gasteiger partial charge in [-0.25, -0.2) is 0 Å². The number of aliphatic hydroxyl groups excluding tert-OH is 1. The molecular weight excluding hydrogens is 230 g/mol. The topological polar surface area (TPSA) is 58.6 Å². The Morgan fingerprint density at radius 2 is 2.22 bits per heavy atom. The molecule has 1 aliphatic heterocycles. The lowest BCUT2D eigenvalue weighted by Gasteiger charge is -2.14. The van der Waals surface area contributed by atoms with Crippen LogP contribution in [0.25, 0.3) is 0 Å². The third-order valence-electron chi connectivity index (χ3n) is 3.24. The van der Waals surface area contributed by atoms with Crippen LogP contribution in [0.3, 0.4) is 0 Å². The van der Waals surface area contributed by atoms with Gasteiger partial charge in [-0.15, -0.1) is 0 Å². The summed E-state index contributed by atoms with van der Waals surface area (Å²) in [6.07, 6.45) is 0.302. The smallest absolute Gasteiger partial charge is 0.229 e. The van der Waals surface area contributed by atoms with Gasteiger partial charge in [0.25, 0.3) is 0 Å². The zero-order chi connectivity index (χ0) is 13.1. The Hall–Kier alpha value is -1.39. The van der Waals surface area contributed by atoms with Crippen molar-refractivity contribution in [3.05, 3.63) is 29.8 Å². The van der Waals surface area contributed by atoms with Gasteiger partial charge >= 0.3 is 0 Å². The zero-order valence-corrected chi connectivity index (χ0v) is 10.7. The summed E-state index contributed by atoms with van der Waals surface area (Å²) in [6, 6.07) is 7.31. The highest BCUT2D eigenvalue weighted by atomic mass is 16.5. The van der Waals surface area contributed by atoms with Gasteiger partial charge in [-0.05, 0) is 26.3 Å². The van der Waals surface area contributed by atoms with Crippen molar-refractivity contribution in [2.75, 3.05) is 11.9 Å². The average molecular weight is 249 g/mol. The first-order chi connectivity index (χ1) is 8.58. The molecule has 1 aromatic carbocycles. The molecule has 1 amide bonds. The van der Waals surface area contributed by atoms with E-state index in [-0.39, 0.29) is 17.9 Å². The van der Waals surface area contributed by atoms with E-state index >= 15 is 0 Å². The number of benzene rings is 1. The molecule has 3 atom stereocenters. The number of aliphatic hydroxyl groups is 1. The zero-order valence-electron chi connectivity index (χ0n) is 10.7. The van der Waals surface area contributed by atoms with E-state index < -0.39 is 6.10 Å². The standard InChI is InChI=1S/C14H19NO3/c1-9-7-11(8-18-9)14(17)15-13-6-4-3-5-12(13)10(2)16/h3-6,9-11,16H,7-8H2,1-2H3,(H,15,17). The lowest BCUT2D eigenvalue weighted by molar-refractivity contribution is -0.119. The largest absolute Gasteiger partial charge is 0.389 e. The molecule has 4 nitrogen and oxygen atoms in total. The van der Waals surface area contributed by atoms with Crippen molar-refractivity contribution in [2.45, 2.75) is 32.5 Å². The Morgan fingerprint density at radius 3 is 2.83 bits per heavy atom. The first-order valence-corrected chi connectivity index (χ1v) is 6.27. The molecule has 1 fully saturated rings. The number of hydrogen-bond acceptors (Lipinski definition) is 3. The third kappa shape index (κ3) is 2.89. The van der Waals surface area contributed by atoms with Crippen molar-refractivity contribution in [3.63, 3.8) is 0 Å². The van der Waals surface area contributed by atoms with Crippen LogP contribution in [-0.4, -0.2) is 23.7 Å². The number of nitrogens with one attached hydrogen (secondary N) is 1. The molecule has 1 saturated heterocycles. The summed E-state index contributed by atoms with van der Waals surface area (Å²) in [5, 5.41) is 12.5. The summed E-state index contributed by atoms with van der Waals surface area (Å²) in [4.78, 5) is 12.1. The van der Waals surface area contributed by atoms with Gasteiger partial charge in [0, 0.05) is 11.3 Å². The van der Waals surface area contributed by atoms with E-state index in [4.69, 9.17) is 4.74 Å². The van der Waals surface area contributed by atoms with Gasteiger partial charge < -0.3 is 15.2 Å². The Morgan fingerprint density at radius 1 is 1.50 bits per heavy atom. The lowest BCUT2D eigenvalue weighted by Crippen LogP contribution is -2.23. The van der Waals surface area contributed by atoms with Crippen LogP contribution >= 0.6 is 0 Å². The summed E-state index contributed by atoms with van der Waals surface area (Å²) in [7, 11) is 0. The van der Waals surface area contributed by atoms with Gasteiger partial charge in [-0.2, -0.15) is 0 Å². The van der Waals surface area contributed by atoms with E-state index in [0.717, 1.165) is 12.0 Å². The predicted molar refractivity (Wildman–Crippen MR) is 69.2 cm³/mol. The van der Waals surface area contributed by atoms with Gasteiger partial charge in [0.2, 0.25) is 5.91 Å². The first kappa shape index (κ1) is 13.1. The summed E-state index contributed by atoms with van der Waals surface area (Å²) in [5.41, 5.74) is 1.41. The van der Waals surface area contributed by atoms with Crippen molar-refractivity contribution >= 4 is 11.6 Å². The molecule has 18 heavy (non-hydrogen) atoms. The van der Waals surface area contributed by atoms with Crippen LogP contribution in [0.15, 0.2) is 24.3 Å². The number of hydrogen-bond donors (Lipinski definition) is 2. The minimum absolute atomic E-state index is 0.0348. The maximum absolute atomic E-state index is 12.1. The van der Waals surface area contributed by atoms with E-state index in [2.05, 4.69) is 5.32 Å². The summed E-state index contributed by atoms with van der Waals surface area (Å²) < 4.78 is 5.39. The second-order valence-electron chi connectivity index (χ2n) is 4.83. The van der Waals surface area contributed by atoms with E-state index in [9.17, 15) is 9.90 Å². The molecule has 0 aromatic heterocycles. The maximum Gasteiger partial charge on any atom is 0.229 e. The molecule has 2 rings (SSSR count). The fourth-order valence-electron chi connectivity index (χ4n) is 2.21. The first-order valence-electron chi connectivity index (χ1n) is 6.27. The molecule has 1 aliphatic rings. The number of anilines is 1. The molecule has 0 aliphatic carbocycles. The Balaban J connectivity index is 2.07. The number of para-hydroxylation sites is 1. The van der Waals surface area contributed by atoms with Crippen molar-refractivity contribution in [1.82, 2.24) is 0 Å². The quantitative estimate of drug-likeness (QED) is 0.862. The molecule has 2 N–H and O–H groups in total. The maximum atomic E-state index is 12.1. The highest BCUT2D eigenvalue weighted by Gasteiger charge is 2.28. The fraction of sp³-hybridized carbons (Fsp3) is 0.500. The molecule has 0 radical (unpaired) electrons. The number of amides is 1. The van der Waals surface area contributed by atoms with Gasteiger partial charge in [-0.1, -0.05) is 18.2 Å². The molecule has 0 bridgehead atoms. The third-order valence-corrected chi connectivity index (χ3v) is 3.24. The van der Waals surface area contributed by atoms with Gasteiger partial charge in [-0.3, -0.25) is 4.79 Å². The second kappa shape index (κ2) is 5.50. The van der Waals surface area contributed by atoms with Crippen LogP contribution in [0.5, 0.6) is 0 Å². The Labute approximate surface area is 107 Å². The number of carbonyl (C=O) groups is 1. The summed E-state index contributed by atoms with van der Waals surface area (Å²) in [6.45, 7) is 4.13. The van der Waals surface area contributed by atoms with Crippen LogP contribution in [0.2, 0.25) is 0 Å². The van der Waals surface area contributed by atoms with Gasteiger partial charge in [0.15, 0.2) is 0 Å². The monoisotopic (exact) mass is 249 g/mol. The van der Waals surface area contributed by atoms with Crippen LogP contribution < -0.4 is 5.32 Å². The molecule has 98 valence electrons. The minimum Gasteiger partial charge on any atom is -0.389 e. The van der Waals surface area contributed by atoms with E-state index in [1.807, 2.05) is 25.1 Å². The van der Waals surface area contributed by atoms with E-state index in [1.165, 1.54) is 0 Å². The molecule has 1 aromatic rings. The Bertz CT molecular complexity index is 431. The highest BCUT2D eigenvalue weighted by molar-refractivity contribution is 5.93. The number of carbonyl (C=O) groups excluding carboxylic acids is 1. The second-order valence-corrected chi connectivity index (χ2v) is 4.83. The molecule has 0 spiro atoms. The average Bonchev–Trinajstić information content (AvgIpc) is 2.76. The predicted octanol–water partition coefficient (Wildman–Crippen LogP) is 2.10. The fourth-order valence-corrected chi connectivity index (χ4v) is 2.21. The van der Waals surface area contributed by atoms with Crippen molar-refractivity contribution < 1.29 is 14.6 Å². The molecule has 4 heteroatoms. The Kier molecular flexibility index (Phi) is 3.99. The number of rotatable bonds is 3. The van der Waals surface area contributed by atoms with Gasteiger partial charge in [0.1, 0.15) is 0 Å². The van der Waals surface area contributed by atoms with Crippen molar-refractivity contribution in [2.24, 2.45) is 5.92 Å². The van der Waals surface area contributed by atoms with Crippen LogP contribution in [0.4, 0.5) is 5.69 Å². The highest BCUT2D eigenvalue weighted by Crippen LogP contribution is 2.25. The lowest BCUT2D eigenvalue weighted by atomic mass is 10.0. The normalized spacial score (nSPS) is 24.8.